The minimum Gasteiger partial charge on any atom is -0.326 e. The minimum atomic E-state index is -0.167. The van der Waals surface area contributed by atoms with E-state index in [-0.39, 0.29) is 5.82 Å². The van der Waals surface area contributed by atoms with Crippen molar-refractivity contribution in [3.05, 3.63) is 71.0 Å². The lowest BCUT2D eigenvalue weighted by Crippen LogP contribution is -2.21. The number of hydrogen-bond donors (Lipinski definition) is 1. The third-order valence-electron chi connectivity index (χ3n) is 3.42. The molecule has 2 nitrogen and oxygen atoms in total. The van der Waals surface area contributed by atoms with E-state index in [4.69, 9.17) is 5.73 Å². The zero-order valence-electron chi connectivity index (χ0n) is 11.8. The van der Waals surface area contributed by atoms with E-state index in [1.165, 1.54) is 11.6 Å². The molecule has 2 N–H and O–H groups in total. The Morgan fingerprint density at radius 2 is 1.80 bits per heavy atom. The molecule has 0 bridgehead atoms. The Hall–Kier alpha value is -1.71. The van der Waals surface area contributed by atoms with Gasteiger partial charge in [-0.2, -0.15) is 0 Å². The molecule has 0 spiro atoms. The van der Waals surface area contributed by atoms with Crippen LogP contribution in [0.4, 0.5) is 4.39 Å². The van der Waals surface area contributed by atoms with Crippen LogP contribution in [0.2, 0.25) is 0 Å². The van der Waals surface area contributed by atoms with Gasteiger partial charge in [0.1, 0.15) is 5.82 Å². The number of halogens is 1. The second-order valence-electron chi connectivity index (χ2n) is 5.10. The number of nitrogens with zero attached hydrogens (tertiary/aromatic N) is 1. The number of rotatable bonds is 6. The Bertz CT molecular complexity index is 540. The van der Waals surface area contributed by atoms with Crippen LogP contribution in [0.25, 0.3) is 0 Å². The van der Waals surface area contributed by atoms with Gasteiger partial charge in [-0.15, -0.1) is 0 Å². The van der Waals surface area contributed by atoms with E-state index in [1.54, 1.807) is 0 Å². The molecule has 0 amide bonds. The Morgan fingerprint density at radius 1 is 1.05 bits per heavy atom. The fourth-order valence-corrected chi connectivity index (χ4v) is 2.18. The van der Waals surface area contributed by atoms with Crippen LogP contribution in [0.5, 0.6) is 0 Å². The van der Waals surface area contributed by atoms with Crippen LogP contribution in [0.15, 0.2) is 48.5 Å². The topological polar surface area (TPSA) is 29.3 Å². The van der Waals surface area contributed by atoms with Crippen LogP contribution >= 0.6 is 0 Å². The van der Waals surface area contributed by atoms with E-state index in [0.29, 0.717) is 13.1 Å². The first kappa shape index (κ1) is 14.7. The first-order valence-electron chi connectivity index (χ1n) is 6.89. The molecule has 2 rings (SSSR count). The van der Waals surface area contributed by atoms with Crippen LogP contribution in [0.1, 0.15) is 16.7 Å². The Labute approximate surface area is 120 Å². The second-order valence-corrected chi connectivity index (χ2v) is 5.10. The van der Waals surface area contributed by atoms with E-state index in [2.05, 4.69) is 17.0 Å². The normalized spacial score (nSPS) is 11.0. The van der Waals surface area contributed by atoms with Crippen molar-refractivity contribution in [2.24, 2.45) is 5.73 Å². The summed E-state index contributed by atoms with van der Waals surface area (Å²) < 4.78 is 13.9. The molecule has 0 unspecified atom stereocenters. The minimum absolute atomic E-state index is 0.167. The summed E-state index contributed by atoms with van der Waals surface area (Å²) in [5.74, 6) is -0.167. The first-order chi connectivity index (χ1) is 9.69. The molecule has 0 atom stereocenters. The third-order valence-corrected chi connectivity index (χ3v) is 3.42. The highest BCUT2D eigenvalue weighted by molar-refractivity contribution is 5.24. The largest absolute Gasteiger partial charge is 0.326 e. The van der Waals surface area contributed by atoms with Gasteiger partial charge in [-0.25, -0.2) is 4.39 Å². The van der Waals surface area contributed by atoms with Gasteiger partial charge in [-0.1, -0.05) is 42.5 Å². The van der Waals surface area contributed by atoms with Crippen molar-refractivity contribution in [1.82, 2.24) is 4.90 Å². The van der Waals surface area contributed by atoms with Gasteiger partial charge in [0.05, 0.1) is 0 Å². The molecule has 20 heavy (non-hydrogen) atoms. The van der Waals surface area contributed by atoms with Crippen molar-refractivity contribution in [2.45, 2.75) is 19.5 Å². The molecule has 3 heteroatoms. The Morgan fingerprint density at radius 3 is 2.45 bits per heavy atom. The van der Waals surface area contributed by atoms with Crippen molar-refractivity contribution < 1.29 is 4.39 Å². The molecule has 0 saturated heterocycles. The van der Waals surface area contributed by atoms with Crippen LogP contribution in [0.3, 0.4) is 0 Å². The van der Waals surface area contributed by atoms with E-state index in [9.17, 15) is 4.39 Å². The van der Waals surface area contributed by atoms with Gasteiger partial charge in [0.25, 0.3) is 0 Å². The zero-order chi connectivity index (χ0) is 14.4. The summed E-state index contributed by atoms with van der Waals surface area (Å²) in [5.41, 5.74) is 8.36. The SMILES string of the molecule is CN(CCc1ccccc1)Cc1ccc(CN)cc1F. The smallest absolute Gasteiger partial charge is 0.128 e. The highest BCUT2D eigenvalue weighted by Gasteiger charge is 2.06. The van der Waals surface area contributed by atoms with Crippen molar-refractivity contribution in [2.75, 3.05) is 13.6 Å². The van der Waals surface area contributed by atoms with Gasteiger partial charge >= 0.3 is 0 Å². The number of likely N-dealkylation sites (N-methyl/N-ethyl adjacent to an activating group) is 1. The first-order valence-corrected chi connectivity index (χ1v) is 6.89. The van der Waals surface area contributed by atoms with Gasteiger partial charge in [0.15, 0.2) is 0 Å². The highest BCUT2D eigenvalue weighted by Crippen LogP contribution is 2.12. The molecule has 0 fully saturated rings. The van der Waals surface area contributed by atoms with Crippen LogP contribution < -0.4 is 5.73 Å². The molecule has 2 aromatic rings. The average Bonchev–Trinajstić information content (AvgIpc) is 2.48. The maximum atomic E-state index is 13.9. The predicted molar refractivity (Wildman–Crippen MR) is 80.8 cm³/mol. The fraction of sp³-hybridized carbons (Fsp3) is 0.294. The van der Waals surface area contributed by atoms with E-state index >= 15 is 0 Å². The highest BCUT2D eigenvalue weighted by atomic mass is 19.1. The monoisotopic (exact) mass is 272 g/mol. The zero-order valence-corrected chi connectivity index (χ0v) is 11.8. The van der Waals surface area contributed by atoms with Crippen molar-refractivity contribution in [3.63, 3.8) is 0 Å². The molecule has 0 heterocycles. The average molecular weight is 272 g/mol. The molecule has 0 saturated carbocycles. The van der Waals surface area contributed by atoms with Crippen LogP contribution in [-0.2, 0) is 19.5 Å². The maximum Gasteiger partial charge on any atom is 0.128 e. The molecule has 0 aliphatic rings. The van der Waals surface area contributed by atoms with Crippen molar-refractivity contribution >= 4 is 0 Å². The van der Waals surface area contributed by atoms with Gasteiger partial charge in [-0.05, 0) is 30.7 Å². The van der Waals surface area contributed by atoms with Gasteiger partial charge in [-0.3, -0.25) is 0 Å². The lowest BCUT2D eigenvalue weighted by Gasteiger charge is -2.17. The summed E-state index contributed by atoms with van der Waals surface area (Å²) in [4.78, 5) is 2.13. The number of hydrogen-bond acceptors (Lipinski definition) is 2. The summed E-state index contributed by atoms with van der Waals surface area (Å²) in [5, 5.41) is 0. The number of benzene rings is 2. The fourth-order valence-electron chi connectivity index (χ4n) is 2.18. The summed E-state index contributed by atoms with van der Waals surface area (Å²) in [6.45, 7) is 1.90. The molecular formula is C17H21FN2. The lowest BCUT2D eigenvalue weighted by molar-refractivity contribution is 0.325. The molecular weight excluding hydrogens is 251 g/mol. The standard InChI is InChI=1S/C17H21FN2/c1-20(10-9-14-5-3-2-4-6-14)13-16-8-7-15(12-19)11-17(16)18/h2-8,11H,9-10,12-13,19H2,1H3. The molecule has 0 aromatic heterocycles. The van der Waals surface area contributed by atoms with E-state index < -0.39 is 0 Å². The Kier molecular flexibility index (Phi) is 5.27. The molecule has 2 aromatic carbocycles. The summed E-state index contributed by atoms with van der Waals surface area (Å²) in [7, 11) is 2.01. The number of nitrogens with two attached hydrogens (primary N) is 1. The summed E-state index contributed by atoms with van der Waals surface area (Å²) in [6, 6.07) is 15.6. The third kappa shape index (κ3) is 4.15. The van der Waals surface area contributed by atoms with Gasteiger partial charge < -0.3 is 10.6 Å². The summed E-state index contributed by atoms with van der Waals surface area (Å²) in [6.07, 6.45) is 0.972. The quantitative estimate of drug-likeness (QED) is 0.876. The van der Waals surface area contributed by atoms with Crippen molar-refractivity contribution in [1.29, 1.82) is 0 Å². The Balaban J connectivity index is 1.89. The van der Waals surface area contributed by atoms with E-state index in [1.807, 2.05) is 37.4 Å². The maximum absolute atomic E-state index is 13.9. The molecule has 0 aliphatic carbocycles. The van der Waals surface area contributed by atoms with E-state index in [0.717, 1.165) is 24.1 Å². The molecule has 0 aliphatic heterocycles. The van der Waals surface area contributed by atoms with Crippen LogP contribution in [0, 0.1) is 5.82 Å². The van der Waals surface area contributed by atoms with Crippen LogP contribution in [-0.4, -0.2) is 18.5 Å². The van der Waals surface area contributed by atoms with Gasteiger partial charge in [0.2, 0.25) is 0 Å². The predicted octanol–water partition coefficient (Wildman–Crippen LogP) is 2.96. The van der Waals surface area contributed by atoms with Gasteiger partial charge in [0, 0.05) is 25.2 Å². The second kappa shape index (κ2) is 7.17. The van der Waals surface area contributed by atoms with Crippen molar-refractivity contribution in [3.8, 4) is 0 Å². The summed E-state index contributed by atoms with van der Waals surface area (Å²) >= 11 is 0. The molecule has 106 valence electrons. The molecule has 0 radical (unpaired) electrons. The lowest BCUT2D eigenvalue weighted by atomic mass is 10.1.